The van der Waals surface area contributed by atoms with Gasteiger partial charge >= 0.3 is 21.1 Å². The van der Waals surface area contributed by atoms with E-state index in [1.807, 2.05) is 30.3 Å². The van der Waals surface area contributed by atoms with E-state index in [-0.39, 0.29) is 27.0 Å². The van der Waals surface area contributed by atoms with Crippen molar-refractivity contribution >= 4 is 6.29 Å². The minimum atomic E-state index is 0. The maximum atomic E-state index is 9.38. The molecule has 1 aromatic carbocycles. The molecule has 0 N–H and O–H groups in total. The molecule has 0 fully saturated rings. The average Bonchev–Trinajstić information content (AvgIpc) is 2.43. The first-order valence-corrected chi connectivity index (χ1v) is 3.31. The minimum Gasteiger partial charge on any atom is -0.542 e. The summed E-state index contributed by atoms with van der Waals surface area (Å²) in [6.07, 6.45) is 1.78. The minimum absolute atomic E-state index is 0. The molecule has 2 heteroatoms. The van der Waals surface area contributed by atoms with Crippen molar-refractivity contribution in [2.45, 2.75) is 13.8 Å². The molecule has 0 aliphatic carbocycles. The van der Waals surface area contributed by atoms with E-state index in [0.29, 0.717) is 0 Å². The Kier molecular flexibility index (Phi) is 11.7. The van der Waals surface area contributed by atoms with E-state index < -0.39 is 0 Å². The van der Waals surface area contributed by atoms with Crippen molar-refractivity contribution in [3.8, 4) is 0 Å². The van der Waals surface area contributed by atoms with Crippen LogP contribution in [0.3, 0.4) is 0 Å². The second-order valence-corrected chi connectivity index (χ2v) is 2.23. The SMILES string of the molecule is CC(C)[C-]=O.[Pt+2].c1cc[cH-]c1. The van der Waals surface area contributed by atoms with Crippen LogP contribution in [-0.4, -0.2) is 6.29 Å². The summed E-state index contributed by atoms with van der Waals surface area (Å²) >= 11 is 0. The summed E-state index contributed by atoms with van der Waals surface area (Å²) in [5.74, 6) is 0.0787. The van der Waals surface area contributed by atoms with Gasteiger partial charge in [0.1, 0.15) is 0 Å². The maximum absolute atomic E-state index is 9.38. The number of carbonyl (C=O) groups excluding carboxylic acids is 1. The predicted octanol–water partition coefficient (Wildman–Crippen LogP) is 2.16. The summed E-state index contributed by atoms with van der Waals surface area (Å²) in [4.78, 5) is 9.38. The molecule has 0 aromatic heterocycles. The molecule has 0 spiro atoms. The molecule has 0 radical (unpaired) electrons. The molecule has 64 valence electrons. The summed E-state index contributed by atoms with van der Waals surface area (Å²) in [6.45, 7) is 3.60. The van der Waals surface area contributed by atoms with Crippen LogP contribution in [0.5, 0.6) is 0 Å². The first-order chi connectivity index (χ1) is 4.77. The first-order valence-electron chi connectivity index (χ1n) is 3.31. The van der Waals surface area contributed by atoms with Crippen LogP contribution < -0.4 is 0 Å². The van der Waals surface area contributed by atoms with Crippen LogP contribution in [0.25, 0.3) is 0 Å². The van der Waals surface area contributed by atoms with Gasteiger partial charge in [-0.15, -0.1) is 5.92 Å². The van der Waals surface area contributed by atoms with Gasteiger partial charge in [-0.1, -0.05) is 13.8 Å². The molecule has 11 heavy (non-hydrogen) atoms. The normalized spacial score (nSPS) is 7.55. The van der Waals surface area contributed by atoms with Crippen LogP contribution in [0.1, 0.15) is 13.8 Å². The van der Waals surface area contributed by atoms with Crippen molar-refractivity contribution in [2.75, 3.05) is 0 Å². The fourth-order valence-corrected chi connectivity index (χ4v) is 0.321. The summed E-state index contributed by atoms with van der Waals surface area (Å²) < 4.78 is 0. The van der Waals surface area contributed by atoms with E-state index in [0.717, 1.165) is 0 Å². The van der Waals surface area contributed by atoms with Gasteiger partial charge in [0.2, 0.25) is 0 Å². The van der Waals surface area contributed by atoms with Gasteiger partial charge in [0.05, 0.1) is 0 Å². The van der Waals surface area contributed by atoms with Crippen molar-refractivity contribution in [3.05, 3.63) is 30.3 Å². The molecule has 0 atom stereocenters. The third-order valence-electron chi connectivity index (χ3n) is 0.791. The molecule has 0 aliphatic rings. The molecule has 0 amide bonds. The van der Waals surface area contributed by atoms with Gasteiger partial charge in [0, 0.05) is 0 Å². The maximum Gasteiger partial charge on any atom is 2.00 e. The molecule has 0 heterocycles. The zero-order valence-electron chi connectivity index (χ0n) is 6.69. The van der Waals surface area contributed by atoms with Crippen LogP contribution >= 0.6 is 0 Å². The number of rotatable bonds is 1. The van der Waals surface area contributed by atoms with Gasteiger partial charge in [-0.25, -0.2) is 12.1 Å². The van der Waals surface area contributed by atoms with Gasteiger partial charge in [-0.2, -0.15) is 18.2 Å². The van der Waals surface area contributed by atoms with Gasteiger partial charge in [-0.05, 0) is 0 Å². The fraction of sp³-hybridized carbons (Fsp3) is 0.333. The van der Waals surface area contributed by atoms with Crippen molar-refractivity contribution in [1.82, 2.24) is 0 Å². The number of hydrogen-bond acceptors (Lipinski definition) is 1. The molecular weight excluding hydrogens is 319 g/mol. The average molecular weight is 331 g/mol. The molecule has 0 aliphatic heterocycles. The summed E-state index contributed by atoms with van der Waals surface area (Å²) in [5, 5.41) is 0. The quantitative estimate of drug-likeness (QED) is 0.721. The Morgan fingerprint density at radius 3 is 1.73 bits per heavy atom. The summed E-state index contributed by atoms with van der Waals surface area (Å²) in [5.41, 5.74) is 0. The molecule has 0 saturated heterocycles. The third-order valence-corrected chi connectivity index (χ3v) is 0.791. The Morgan fingerprint density at radius 1 is 1.27 bits per heavy atom. The first kappa shape index (κ1) is 13.3. The van der Waals surface area contributed by atoms with Crippen molar-refractivity contribution in [2.24, 2.45) is 5.92 Å². The largest absolute Gasteiger partial charge is 2.00 e. The molecule has 0 bridgehead atoms. The van der Waals surface area contributed by atoms with E-state index in [1.165, 1.54) is 0 Å². The Labute approximate surface area is 82.4 Å². The van der Waals surface area contributed by atoms with Crippen LogP contribution in [0, 0.1) is 5.92 Å². The summed E-state index contributed by atoms with van der Waals surface area (Å²) in [7, 11) is 0. The van der Waals surface area contributed by atoms with E-state index in [9.17, 15) is 4.79 Å². The Balaban J connectivity index is 0. The van der Waals surface area contributed by atoms with Crippen LogP contribution in [0.2, 0.25) is 0 Å². The second-order valence-electron chi connectivity index (χ2n) is 2.23. The number of hydrogen-bond donors (Lipinski definition) is 0. The van der Waals surface area contributed by atoms with Crippen molar-refractivity contribution in [1.29, 1.82) is 0 Å². The molecule has 1 nitrogen and oxygen atoms in total. The van der Waals surface area contributed by atoms with E-state index in [4.69, 9.17) is 0 Å². The van der Waals surface area contributed by atoms with Gasteiger partial charge in [0.15, 0.2) is 0 Å². The zero-order valence-corrected chi connectivity index (χ0v) is 8.96. The summed E-state index contributed by atoms with van der Waals surface area (Å²) in [6, 6.07) is 10.0. The molecule has 0 saturated carbocycles. The monoisotopic (exact) mass is 331 g/mol. The van der Waals surface area contributed by atoms with Crippen LogP contribution in [-0.2, 0) is 25.9 Å². The molecular formula is C9H12OPt. The van der Waals surface area contributed by atoms with Crippen LogP contribution in [0.4, 0.5) is 0 Å². The van der Waals surface area contributed by atoms with Crippen molar-refractivity contribution < 1.29 is 25.9 Å². The molecule has 1 rings (SSSR count). The van der Waals surface area contributed by atoms with Gasteiger partial charge < -0.3 is 4.79 Å². The van der Waals surface area contributed by atoms with Gasteiger partial charge in [0.25, 0.3) is 0 Å². The zero-order chi connectivity index (χ0) is 7.82. The van der Waals surface area contributed by atoms with Crippen molar-refractivity contribution in [3.63, 3.8) is 0 Å². The topological polar surface area (TPSA) is 17.1 Å². The van der Waals surface area contributed by atoms with E-state index in [2.05, 4.69) is 0 Å². The smallest absolute Gasteiger partial charge is 0.542 e. The Morgan fingerprint density at radius 2 is 1.64 bits per heavy atom. The molecule has 0 unspecified atom stereocenters. The predicted molar refractivity (Wildman–Crippen MR) is 42.6 cm³/mol. The Bertz CT molecular complexity index is 127. The molecule has 1 aromatic rings. The van der Waals surface area contributed by atoms with Crippen LogP contribution in [0.15, 0.2) is 30.3 Å². The van der Waals surface area contributed by atoms with Gasteiger partial charge in [-0.3, -0.25) is 6.29 Å². The van der Waals surface area contributed by atoms with E-state index >= 15 is 0 Å². The standard InChI is InChI=1S/C5H5.C4H7O.Pt/c1-2-4-5-3-1;1-4(2)3-5;/h1-5H;4H,1-2H3;/q2*-1;+2. The van der Waals surface area contributed by atoms with E-state index in [1.54, 1.807) is 20.1 Å². The fourth-order valence-electron chi connectivity index (χ4n) is 0.321. The third kappa shape index (κ3) is 12.8. The second kappa shape index (κ2) is 9.71. The Hall–Kier alpha value is -0.292.